The van der Waals surface area contributed by atoms with Crippen LogP contribution >= 0.6 is 12.2 Å². The molecule has 0 saturated carbocycles. The van der Waals surface area contributed by atoms with E-state index in [1.807, 2.05) is 0 Å². The van der Waals surface area contributed by atoms with Gasteiger partial charge in [-0.25, -0.2) is 4.39 Å². The van der Waals surface area contributed by atoms with E-state index in [4.69, 9.17) is 18.0 Å². The van der Waals surface area contributed by atoms with Crippen molar-refractivity contribution in [2.45, 2.75) is 25.4 Å². The van der Waals surface area contributed by atoms with Gasteiger partial charge in [0, 0.05) is 24.7 Å². The molecule has 2 saturated heterocycles. The molecule has 0 aliphatic carbocycles. The topological polar surface area (TPSA) is 58.4 Å². The number of carbonyl (C=O) groups is 1. The number of piperidine rings is 1. The third kappa shape index (κ3) is 2.78. The van der Waals surface area contributed by atoms with Crippen molar-refractivity contribution in [1.29, 1.82) is 0 Å². The first-order valence-electron chi connectivity index (χ1n) is 7.16. The largest absolute Gasteiger partial charge is 0.389 e. The minimum Gasteiger partial charge on any atom is -0.389 e. The fourth-order valence-electron chi connectivity index (χ4n) is 3.39. The standard InChI is InChI=1S/C15H18FN3OS/c16-10-3-4-11(14(17)21)9(6-10)8-19-5-1-2-12-13(19)7-18-15(12)20/h3-4,6,12-13H,1-2,5,7-8H2,(H2,17,21)(H,18,20). The highest BCUT2D eigenvalue weighted by atomic mass is 32.1. The third-order valence-electron chi connectivity index (χ3n) is 4.42. The molecule has 0 spiro atoms. The molecule has 0 bridgehead atoms. The van der Waals surface area contributed by atoms with Gasteiger partial charge in [0.05, 0.1) is 5.92 Å². The molecular weight excluding hydrogens is 289 g/mol. The Labute approximate surface area is 128 Å². The van der Waals surface area contributed by atoms with Crippen LogP contribution in [-0.2, 0) is 11.3 Å². The molecule has 2 fully saturated rings. The maximum atomic E-state index is 13.5. The predicted octanol–water partition coefficient (Wildman–Crippen LogP) is 1.17. The van der Waals surface area contributed by atoms with Crippen molar-refractivity contribution in [3.8, 4) is 0 Å². The van der Waals surface area contributed by atoms with Crippen LogP contribution in [0.5, 0.6) is 0 Å². The molecule has 21 heavy (non-hydrogen) atoms. The Kier molecular flexibility index (Phi) is 3.91. The monoisotopic (exact) mass is 307 g/mol. The zero-order valence-corrected chi connectivity index (χ0v) is 12.5. The van der Waals surface area contributed by atoms with Gasteiger partial charge in [0.15, 0.2) is 0 Å². The van der Waals surface area contributed by atoms with Crippen molar-refractivity contribution >= 4 is 23.1 Å². The number of halogens is 1. The molecule has 2 heterocycles. The summed E-state index contributed by atoms with van der Waals surface area (Å²) in [5, 5.41) is 2.92. The first kappa shape index (κ1) is 14.4. The van der Waals surface area contributed by atoms with Crippen LogP contribution in [0.4, 0.5) is 4.39 Å². The van der Waals surface area contributed by atoms with Gasteiger partial charge in [-0.15, -0.1) is 0 Å². The Morgan fingerprint density at radius 3 is 3.10 bits per heavy atom. The second kappa shape index (κ2) is 5.69. The molecule has 1 aromatic rings. The van der Waals surface area contributed by atoms with E-state index in [2.05, 4.69) is 10.2 Å². The number of nitrogens with one attached hydrogen (secondary N) is 1. The molecule has 2 unspecified atom stereocenters. The molecule has 2 aliphatic rings. The van der Waals surface area contributed by atoms with E-state index in [1.165, 1.54) is 12.1 Å². The highest BCUT2D eigenvalue weighted by Crippen LogP contribution is 2.29. The average Bonchev–Trinajstić information content (AvgIpc) is 2.82. The van der Waals surface area contributed by atoms with Crippen LogP contribution in [0.1, 0.15) is 24.0 Å². The lowest BCUT2D eigenvalue weighted by Crippen LogP contribution is -2.45. The summed E-state index contributed by atoms with van der Waals surface area (Å²) >= 11 is 5.04. The van der Waals surface area contributed by atoms with Gasteiger partial charge < -0.3 is 11.1 Å². The van der Waals surface area contributed by atoms with Crippen molar-refractivity contribution in [1.82, 2.24) is 10.2 Å². The molecule has 2 atom stereocenters. The maximum Gasteiger partial charge on any atom is 0.224 e. The van der Waals surface area contributed by atoms with Gasteiger partial charge >= 0.3 is 0 Å². The summed E-state index contributed by atoms with van der Waals surface area (Å²) in [5.41, 5.74) is 7.23. The number of nitrogens with zero attached hydrogens (tertiary/aromatic N) is 1. The second-order valence-electron chi connectivity index (χ2n) is 5.70. The van der Waals surface area contributed by atoms with Gasteiger partial charge in [-0.2, -0.15) is 0 Å². The number of hydrogen-bond acceptors (Lipinski definition) is 3. The number of hydrogen-bond donors (Lipinski definition) is 2. The van der Waals surface area contributed by atoms with E-state index >= 15 is 0 Å². The summed E-state index contributed by atoms with van der Waals surface area (Å²) < 4.78 is 13.5. The minimum atomic E-state index is -0.292. The average molecular weight is 307 g/mol. The summed E-state index contributed by atoms with van der Waals surface area (Å²) in [5.74, 6) is -0.0988. The van der Waals surface area contributed by atoms with Crippen LogP contribution in [0, 0.1) is 11.7 Å². The Morgan fingerprint density at radius 2 is 2.33 bits per heavy atom. The van der Waals surface area contributed by atoms with Crippen LogP contribution in [-0.4, -0.2) is 34.9 Å². The second-order valence-corrected chi connectivity index (χ2v) is 6.14. The number of fused-ring (bicyclic) bond motifs is 1. The Hall–Kier alpha value is -1.53. The number of benzene rings is 1. The van der Waals surface area contributed by atoms with Crippen molar-refractivity contribution < 1.29 is 9.18 Å². The lowest BCUT2D eigenvalue weighted by molar-refractivity contribution is -0.124. The molecule has 4 nitrogen and oxygen atoms in total. The highest BCUT2D eigenvalue weighted by molar-refractivity contribution is 7.80. The van der Waals surface area contributed by atoms with Gasteiger partial charge in [-0.1, -0.05) is 12.2 Å². The first-order valence-corrected chi connectivity index (χ1v) is 7.57. The van der Waals surface area contributed by atoms with Crippen LogP contribution in [0.15, 0.2) is 18.2 Å². The van der Waals surface area contributed by atoms with Crippen molar-refractivity contribution in [2.24, 2.45) is 11.7 Å². The smallest absolute Gasteiger partial charge is 0.224 e. The molecule has 3 rings (SSSR count). The zero-order chi connectivity index (χ0) is 15.0. The van der Waals surface area contributed by atoms with Crippen molar-refractivity contribution in [2.75, 3.05) is 13.1 Å². The van der Waals surface area contributed by atoms with E-state index < -0.39 is 0 Å². The Balaban J connectivity index is 1.84. The normalized spacial score (nSPS) is 25.5. The SMILES string of the molecule is NC(=S)c1ccc(F)cc1CN1CCCC2C(=O)NCC21. The summed E-state index contributed by atoms with van der Waals surface area (Å²) in [6.07, 6.45) is 1.91. The number of rotatable bonds is 3. The molecule has 0 aromatic heterocycles. The molecular formula is C15H18FN3OS. The van der Waals surface area contributed by atoms with E-state index in [1.54, 1.807) is 6.07 Å². The van der Waals surface area contributed by atoms with Crippen LogP contribution in [0.3, 0.4) is 0 Å². The number of amides is 1. The predicted molar refractivity (Wildman–Crippen MR) is 82.2 cm³/mol. The van der Waals surface area contributed by atoms with Crippen LogP contribution in [0.25, 0.3) is 0 Å². The number of thiocarbonyl (C=S) groups is 1. The fourth-order valence-corrected chi connectivity index (χ4v) is 3.59. The Bertz CT molecular complexity index is 592. The molecule has 1 aromatic carbocycles. The quantitative estimate of drug-likeness (QED) is 0.823. The van der Waals surface area contributed by atoms with Crippen molar-refractivity contribution in [3.63, 3.8) is 0 Å². The first-order chi connectivity index (χ1) is 10.1. The number of likely N-dealkylation sites (tertiary alicyclic amines) is 1. The lowest BCUT2D eigenvalue weighted by Gasteiger charge is -2.36. The van der Waals surface area contributed by atoms with E-state index in [9.17, 15) is 9.18 Å². The van der Waals surface area contributed by atoms with Crippen LogP contribution < -0.4 is 11.1 Å². The molecule has 1 amide bonds. The fraction of sp³-hybridized carbons (Fsp3) is 0.467. The number of carbonyl (C=O) groups excluding carboxylic acids is 1. The van der Waals surface area contributed by atoms with E-state index in [0.717, 1.165) is 24.9 Å². The molecule has 3 N–H and O–H groups in total. The van der Waals surface area contributed by atoms with E-state index in [0.29, 0.717) is 18.7 Å². The molecule has 112 valence electrons. The Morgan fingerprint density at radius 1 is 1.52 bits per heavy atom. The highest BCUT2D eigenvalue weighted by Gasteiger charge is 2.40. The van der Waals surface area contributed by atoms with Gasteiger partial charge in [0.2, 0.25) is 5.91 Å². The summed E-state index contributed by atoms with van der Waals surface area (Å²) in [6.45, 7) is 2.14. The third-order valence-corrected chi connectivity index (χ3v) is 4.64. The zero-order valence-electron chi connectivity index (χ0n) is 11.6. The summed E-state index contributed by atoms with van der Waals surface area (Å²) in [4.78, 5) is 14.3. The number of nitrogens with two attached hydrogens (primary N) is 1. The van der Waals surface area contributed by atoms with Gasteiger partial charge in [0.1, 0.15) is 10.8 Å². The van der Waals surface area contributed by atoms with Gasteiger partial charge in [0.25, 0.3) is 0 Å². The molecule has 0 radical (unpaired) electrons. The minimum absolute atomic E-state index is 0.0561. The lowest BCUT2D eigenvalue weighted by atomic mass is 9.91. The molecule has 2 aliphatic heterocycles. The maximum absolute atomic E-state index is 13.5. The van der Waals surface area contributed by atoms with Crippen molar-refractivity contribution in [3.05, 3.63) is 35.1 Å². The van der Waals surface area contributed by atoms with Gasteiger partial charge in [-0.3, -0.25) is 9.69 Å². The summed E-state index contributed by atoms with van der Waals surface area (Å²) in [6, 6.07) is 4.68. The van der Waals surface area contributed by atoms with Crippen LogP contribution in [0.2, 0.25) is 0 Å². The summed E-state index contributed by atoms with van der Waals surface area (Å²) in [7, 11) is 0. The van der Waals surface area contributed by atoms with E-state index in [-0.39, 0.29) is 28.7 Å². The molecule has 6 heteroatoms. The van der Waals surface area contributed by atoms with Gasteiger partial charge in [-0.05, 0) is 43.1 Å².